The third-order valence-electron chi connectivity index (χ3n) is 3.64. The molecule has 100 valence electrons. The van der Waals surface area contributed by atoms with E-state index in [2.05, 4.69) is 17.0 Å². The van der Waals surface area contributed by atoms with Crippen LogP contribution in [0.25, 0.3) is 0 Å². The highest BCUT2D eigenvalue weighted by Crippen LogP contribution is 2.14. The van der Waals surface area contributed by atoms with E-state index in [0.717, 1.165) is 18.7 Å². The third kappa shape index (κ3) is 4.00. The van der Waals surface area contributed by atoms with Crippen LogP contribution in [0.2, 0.25) is 0 Å². The van der Waals surface area contributed by atoms with E-state index in [0.29, 0.717) is 6.04 Å². The maximum atomic E-state index is 5.98. The summed E-state index contributed by atoms with van der Waals surface area (Å²) in [5, 5.41) is 0. The summed E-state index contributed by atoms with van der Waals surface area (Å²) in [5.41, 5.74) is 7.37. The quantitative estimate of drug-likeness (QED) is 0.866. The zero-order valence-electron chi connectivity index (χ0n) is 11.3. The monoisotopic (exact) mass is 248 g/mol. The number of piperidine rings is 1. The van der Waals surface area contributed by atoms with Gasteiger partial charge in [-0.2, -0.15) is 0 Å². The number of hydrogen-bond donors (Lipinski definition) is 1. The molecule has 1 atom stereocenters. The summed E-state index contributed by atoms with van der Waals surface area (Å²) in [7, 11) is 1.70. The molecule has 2 N–H and O–H groups in total. The van der Waals surface area contributed by atoms with Gasteiger partial charge in [0.15, 0.2) is 0 Å². The molecule has 1 aromatic carbocycles. The maximum absolute atomic E-state index is 5.98. The smallest absolute Gasteiger partial charge is 0.118 e. The van der Waals surface area contributed by atoms with Crippen LogP contribution in [-0.4, -0.2) is 37.7 Å². The summed E-state index contributed by atoms with van der Waals surface area (Å²) >= 11 is 0. The van der Waals surface area contributed by atoms with Crippen LogP contribution in [0.1, 0.15) is 24.8 Å². The van der Waals surface area contributed by atoms with Gasteiger partial charge < -0.3 is 15.4 Å². The molecule has 0 unspecified atom stereocenters. The Morgan fingerprint density at radius 1 is 1.33 bits per heavy atom. The molecule has 1 aliphatic rings. The fraction of sp³-hybridized carbons (Fsp3) is 0.600. The Morgan fingerprint density at radius 3 is 2.78 bits per heavy atom. The van der Waals surface area contributed by atoms with E-state index < -0.39 is 0 Å². The fourth-order valence-corrected chi connectivity index (χ4v) is 2.59. The second kappa shape index (κ2) is 6.76. The van der Waals surface area contributed by atoms with Crippen LogP contribution in [0, 0.1) is 0 Å². The standard InChI is InChI=1S/C15H24N2O/c1-18-15-8-6-13(7-9-15)4-2-10-17-11-3-5-14(16)12-17/h6-9,14H,2-5,10-12,16H2,1H3/t14-/m0/s1. The first-order chi connectivity index (χ1) is 8.78. The minimum absolute atomic E-state index is 0.389. The van der Waals surface area contributed by atoms with E-state index in [4.69, 9.17) is 10.5 Å². The summed E-state index contributed by atoms with van der Waals surface area (Å²) in [4.78, 5) is 2.50. The zero-order valence-corrected chi connectivity index (χ0v) is 11.3. The Hall–Kier alpha value is -1.06. The van der Waals surface area contributed by atoms with Crippen molar-refractivity contribution in [3.8, 4) is 5.75 Å². The van der Waals surface area contributed by atoms with Crippen LogP contribution >= 0.6 is 0 Å². The molecule has 3 nitrogen and oxygen atoms in total. The number of rotatable bonds is 5. The van der Waals surface area contributed by atoms with Gasteiger partial charge in [-0.3, -0.25) is 0 Å². The first kappa shape index (κ1) is 13.4. The van der Waals surface area contributed by atoms with Crippen molar-refractivity contribution in [2.75, 3.05) is 26.7 Å². The summed E-state index contributed by atoms with van der Waals surface area (Å²) in [6.45, 7) is 3.46. The molecule has 18 heavy (non-hydrogen) atoms. The van der Waals surface area contributed by atoms with Crippen molar-refractivity contribution in [2.24, 2.45) is 5.73 Å². The van der Waals surface area contributed by atoms with E-state index in [1.807, 2.05) is 12.1 Å². The van der Waals surface area contributed by atoms with E-state index in [1.165, 1.54) is 37.9 Å². The van der Waals surface area contributed by atoms with Crippen molar-refractivity contribution in [2.45, 2.75) is 31.7 Å². The van der Waals surface area contributed by atoms with Gasteiger partial charge in [0.1, 0.15) is 5.75 Å². The van der Waals surface area contributed by atoms with Gasteiger partial charge >= 0.3 is 0 Å². The van der Waals surface area contributed by atoms with Crippen LogP contribution in [0.15, 0.2) is 24.3 Å². The molecule has 1 aromatic rings. The molecule has 0 amide bonds. The number of methoxy groups -OCH3 is 1. The van der Waals surface area contributed by atoms with Crippen molar-refractivity contribution in [1.29, 1.82) is 0 Å². The van der Waals surface area contributed by atoms with Crippen molar-refractivity contribution < 1.29 is 4.74 Å². The molecule has 1 fully saturated rings. The van der Waals surface area contributed by atoms with Gasteiger partial charge in [0.2, 0.25) is 0 Å². The van der Waals surface area contributed by atoms with Crippen molar-refractivity contribution in [3.05, 3.63) is 29.8 Å². The van der Waals surface area contributed by atoms with Crippen molar-refractivity contribution in [3.63, 3.8) is 0 Å². The van der Waals surface area contributed by atoms with E-state index in [1.54, 1.807) is 7.11 Å². The zero-order chi connectivity index (χ0) is 12.8. The van der Waals surface area contributed by atoms with Crippen LogP contribution in [0.3, 0.4) is 0 Å². The van der Waals surface area contributed by atoms with Gasteiger partial charge in [0.25, 0.3) is 0 Å². The Balaban J connectivity index is 1.70. The number of benzene rings is 1. The molecule has 0 aliphatic carbocycles. The number of nitrogens with zero attached hydrogens (tertiary/aromatic N) is 1. The first-order valence-corrected chi connectivity index (χ1v) is 6.89. The molecule has 0 bridgehead atoms. The highest BCUT2D eigenvalue weighted by molar-refractivity contribution is 5.27. The molecule has 1 aliphatic heterocycles. The van der Waals surface area contributed by atoms with Crippen LogP contribution in [0.5, 0.6) is 5.75 Å². The van der Waals surface area contributed by atoms with Crippen molar-refractivity contribution in [1.82, 2.24) is 4.90 Å². The number of hydrogen-bond acceptors (Lipinski definition) is 3. The van der Waals surface area contributed by atoms with Gasteiger partial charge in [-0.25, -0.2) is 0 Å². The third-order valence-corrected chi connectivity index (χ3v) is 3.64. The second-order valence-corrected chi connectivity index (χ2v) is 5.15. The lowest BCUT2D eigenvalue weighted by Crippen LogP contribution is -2.43. The first-order valence-electron chi connectivity index (χ1n) is 6.89. The van der Waals surface area contributed by atoms with E-state index >= 15 is 0 Å². The Morgan fingerprint density at radius 2 is 2.11 bits per heavy atom. The molecule has 0 saturated carbocycles. The van der Waals surface area contributed by atoms with Gasteiger partial charge in [-0.1, -0.05) is 12.1 Å². The topological polar surface area (TPSA) is 38.5 Å². The van der Waals surface area contributed by atoms with Gasteiger partial charge in [-0.15, -0.1) is 0 Å². The van der Waals surface area contributed by atoms with Crippen LogP contribution in [0.4, 0.5) is 0 Å². The minimum Gasteiger partial charge on any atom is -0.497 e. The summed E-state index contributed by atoms with van der Waals surface area (Å²) in [6.07, 6.45) is 4.79. The highest BCUT2D eigenvalue weighted by atomic mass is 16.5. The van der Waals surface area contributed by atoms with Gasteiger partial charge in [0, 0.05) is 12.6 Å². The molecular weight excluding hydrogens is 224 g/mol. The SMILES string of the molecule is COc1ccc(CCCN2CCC[C@H](N)C2)cc1. The lowest BCUT2D eigenvalue weighted by Gasteiger charge is -2.30. The molecule has 0 spiro atoms. The van der Waals surface area contributed by atoms with E-state index in [-0.39, 0.29) is 0 Å². The molecule has 3 heteroatoms. The number of ether oxygens (including phenoxy) is 1. The molecule has 1 heterocycles. The predicted octanol–water partition coefficient (Wildman–Crippen LogP) is 2.05. The van der Waals surface area contributed by atoms with Crippen LogP contribution < -0.4 is 10.5 Å². The molecule has 2 rings (SSSR count). The molecule has 0 aromatic heterocycles. The highest BCUT2D eigenvalue weighted by Gasteiger charge is 2.15. The molecular formula is C15H24N2O. The summed E-state index contributed by atoms with van der Waals surface area (Å²) in [5.74, 6) is 0.931. The largest absolute Gasteiger partial charge is 0.497 e. The molecule has 1 saturated heterocycles. The van der Waals surface area contributed by atoms with Gasteiger partial charge in [0.05, 0.1) is 7.11 Å². The number of nitrogens with two attached hydrogens (primary N) is 1. The Labute approximate surface area is 110 Å². The summed E-state index contributed by atoms with van der Waals surface area (Å²) in [6, 6.07) is 8.76. The number of likely N-dealkylation sites (tertiary alicyclic amines) is 1. The Bertz CT molecular complexity index is 350. The predicted molar refractivity (Wildman–Crippen MR) is 75.0 cm³/mol. The second-order valence-electron chi connectivity index (χ2n) is 5.15. The van der Waals surface area contributed by atoms with Gasteiger partial charge in [-0.05, 0) is 56.5 Å². The van der Waals surface area contributed by atoms with Crippen molar-refractivity contribution >= 4 is 0 Å². The lowest BCUT2D eigenvalue weighted by atomic mass is 10.1. The normalized spacial score (nSPS) is 20.9. The fourth-order valence-electron chi connectivity index (χ4n) is 2.59. The van der Waals surface area contributed by atoms with Crippen LogP contribution in [-0.2, 0) is 6.42 Å². The minimum atomic E-state index is 0.389. The average molecular weight is 248 g/mol. The summed E-state index contributed by atoms with van der Waals surface area (Å²) < 4.78 is 5.16. The van der Waals surface area contributed by atoms with E-state index in [9.17, 15) is 0 Å². The average Bonchev–Trinajstić information content (AvgIpc) is 2.40. The number of aryl methyl sites for hydroxylation is 1. The lowest BCUT2D eigenvalue weighted by molar-refractivity contribution is 0.207. The molecule has 0 radical (unpaired) electrons. The maximum Gasteiger partial charge on any atom is 0.118 e. The Kier molecular flexibility index (Phi) is 5.02.